The molecule has 52 valence electrons. The third kappa shape index (κ3) is 1.42. The standard InChI is InChI=1S/C5H8O4/c1-5(2,3(6)7)4(8)9/h1-2H3,(H,6,7)(H,8,9)/i1D3,2+1. The zero-order valence-corrected chi connectivity index (χ0v) is 4.71. The van der Waals surface area contributed by atoms with E-state index in [0.717, 1.165) is 0 Å². The van der Waals surface area contributed by atoms with Gasteiger partial charge in [-0.05, 0) is 13.8 Å². The van der Waals surface area contributed by atoms with Gasteiger partial charge in [0.1, 0.15) is 0 Å². The topological polar surface area (TPSA) is 74.6 Å². The number of aliphatic carboxylic acids is 2. The summed E-state index contributed by atoms with van der Waals surface area (Å²) in [5, 5.41) is 16.8. The molecule has 0 saturated carbocycles. The molecule has 0 amide bonds. The normalized spacial score (nSPS) is 17.2. The van der Waals surface area contributed by atoms with Gasteiger partial charge < -0.3 is 10.2 Å². The Kier molecular flexibility index (Phi) is 0.880. The van der Waals surface area contributed by atoms with Crippen molar-refractivity contribution in [3.8, 4) is 0 Å². The van der Waals surface area contributed by atoms with Crippen LogP contribution in [0.3, 0.4) is 0 Å². The number of hydrogen-bond donors (Lipinski definition) is 2. The molecule has 0 aliphatic rings. The van der Waals surface area contributed by atoms with E-state index >= 15 is 0 Å². The zero-order chi connectivity index (χ0) is 10.2. The molecule has 4 nitrogen and oxygen atoms in total. The summed E-state index contributed by atoms with van der Waals surface area (Å²) in [5.41, 5.74) is -2.73. The van der Waals surface area contributed by atoms with E-state index in [-0.39, 0.29) is 0 Å². The molecule has 0 saturated heterocycles. The van der Waals surface area contributed by atoms with Crippen LogP contribution >= 0.6 is 0 Å². The summed E-state index contributed by atoms with van der Waals surface area (Å²) in [6, 6.07) is 0. The van der Waals surface area contributed by atoms with Crippen molar-refractivity contribution in [2.24, 2.45) is 5.41 Å². The molecular weight excluding hydrogens is 125 g/mol. The maximum Gasteiger partial charge on any atom is 0.320 e. The van der Waals surface area contributed by atoms with Crippen LogP contribution in [0, 0.1) is 5.41 Å². The molecule has 0 spiro atoms. The van der Waals surface area contributed by atoms with Gasteiger partial charge in [-0.2, -0.15) is 0 Å². The quantitative estimate of drug-likeness (QED) is 0.419. The third-order valence-electron chi connectivity index (χ3n) is 0.855. The first-order chi connectivity index (χ1) is 5.14. The smallest absolute Gasteiger partial charge is 0.320 e. The number of rotatable bonds is 2. The van der Waals surface area contributed by atoms with Crippen molar-refractivity contribution in [3.63, 3.8) is 0 Å². The zero-order valence-electron chi connectivity index (χ0n) is 7.71. The van der Waals surface area contributed by atoms with Crippen LogP contribution in [-0.2, 0) is 9.59 Å². The van der Waals surface area contributed by atoms with Crippen LogP contribution in [0.5, 0.6) is 0 Å². The molecule has 0 aromatic heterocycles. The van der Waals surface area contributed by atoms with Crippen molar-refractivity contribution >= 4 is 11.9 Å². The second-order valence-electron chi connectivity index (χ2n) is 1.74. The molecule has 0 aromatic rings. The third-order valence-corrected chi connectivity index (χ3v) is 0.855. The number of hydrogen-bond acceptors (Lipinski definition) is 2. The van der Waals surface area contributed by atoms with Gasteiger partial charge in [-0.25, -0.2) is 0 Å². The molecule has 0 heterocycles. The fourth-order valence-electron chi connectivity index (χ4n) is 0.0915. The summed E-state index contributed by atoms with van der Waals surface area (Å²) in [4.78, 5) is 20.7. The second-order valence-corrected chi connectivity index (χ2v) is 1.74. The Morgan fingerprint density at radius 3 is 1.78 bits per heavy atom. The van der Waals surface area contributed by atoms with Crippen molar-refractivity contribution < 1.29 is 23.9 Å². The Hall–Kier alpha value is -1.06. The summed E-state index contributed by atoms with van der Waals surface area (Å²) in [5.74, 6) is -3.73. The molecule has 2 N–H and O–H groups in total. The fraction of sp³-hybridized carbons (Fsp3) is 0.600. The van der Waals surface area contributed by atoms with Gasteiger partial charge >= 0.3 is 11.9 Å². The Bertz CT molecular complexity index is 205. The van der Waals surface area contributed by atoms with Gasteiger partial charge in [0.15, 0.2) is 5.41 Å². The SMILES string of the molecule is [2H]C([2H])([2H])C([13CH3])(C(=O)O)C(=O)O. The summed E-state index contributed by atoms with van der Waals surface area (Å²) >= 11 is 0. The van der Waals surface area contributed by atoms with Gasteiger partial charge in [0.05, 0.1) is 0 Å². The average Bonchev–Trinajstić information content (AvgIpc) is 1.82. The van der Waals surface area contributed by atoms with Crippen molar-refractivity contribution in [1.82, 2.24) is 0 Å². The summed E-state index contributed by atoms with van der Waals surface area (Å²) in [6.07, 6.45) is 0. The highest BCUT2D eigenvalue weighted by molar-refractivity contribution is 5.97. The summed E-state index contributed by atoms with van der Waals surface area (Å²) < 4.78 is 20.2. The summed E-state index contributed by atoms with van der Waals surface area (Å²) in [6.45, 7) is -2.39. The molecule has 0 bridgehead atoms. The predicted molar refractivity (Wildman–Crippen MR) is 29.1 cm³/mol. The molecule has 0 aromatic carbocycles. The molecule has 9 heavy (non-hydrogen) atoms. The largest absolute Gasteiger partial charge is 0.480 e. The molecule has 0 aliphatic heterocycles. The average molecular weight is 136 g/mol. The fourth-order valence-corrected chi connectivity index (χ4v) is 0.0915. The first-order valence-corrected chi connectivity index (χ1v) is 2.11. The molecular formula is C5H8O4. The second kappa shape index (κ2) is 2.05. The van der Waals surface area contributed by atoms with E-state index in [1.807, 2.05) is 0 Å². The molecule has 0 unspecified atom stereocenters. The van der Waals surface area contributed by atoms with Crippen LogP contribution in [0.4, 0.5) is 0 Å². The Morgan fingerprint density at radius 2 is 1.78 bits per heavy atom. The number of carboxylic acid groups (broad SMARTS) is 2. The van der Waals surface area contributed by atoms with Crippen LogP contribution in [0.2, 0.25) is 0 Å². The molecule has 0 radical (unpaired) electrons. The van der Waals surface area contributed by atoms with Crippen LogP contribution in [0.15, 0.2) is 0 Å². The van der Waals surface area contributed by atoms with E-state index in [0.29, 0.717) is 6.92 Å². The molecule has 0 fully saturated rings. The first kappa shape index (κ1) is 3.87. The van der Waals surface area contributed by atoms with E-state index in [4.69, 9.17) is 14.3 Å². The number of carbonyl (C=O) groups is 2. The van der Waals surface area contributed by atoms with E-state index in [1.54, 1.807) is 0 Å². The Morgan fingerprint density at radius 1 is 1.44 bits per heavy atom. The van der Waals surface area contributed by atoms with Crippen molar-refractivity contribution in [2.45, 2.75) is 13.8 Å². The van der Waals surface area contributed by atoms with E-state index in [1.165, 1.54) is 0 Å². The summed E-state index contributed by atoms with van der Waals surface area (Å²) in [7, 11) is 0. The monoisotopic (exact) mass is 136 g/mol. The molecule has 0 atom stereocenters. The molecule has 0 rings (SSSR count). The minimum atomic E-state index is -3.05. The first-order valence-electron chi connectivity index (χ1n) is 3.61. The van der Waals surface area contributed by atoms with Crippen LogP contribution in [0.25, 0.3) is 0 Å². The van der Waals surface area contributed by atoms with E-state index in [9.17, 15) is 9.59 Å². The van der Waals surface area contributed by atoms with Gasteiger partial charge in [-0.15, -0.1) is 0 Å². The van der Waals surface area contributed by atoms with Gasteiger partial charge in [0.2, 0.25) is 0 Å². The maximum atomic E-state index is 10.4. The highest BCUT2D eigenvalue weighted by atomic mass is 16.4. The lowest BCUT2D eigenvalue weighted by molar-refractivity contribution is -0.161. The van der Waals surface area contributed by atoms with Gasteiger partial charge in [0.25, 0.3) is 0 Å². The van der Waals surface area contributed by atoms with Crippen LogP contribution in [-0.4, -0.2) is 22.2 Å². The van der Waals surface area contributed by atoms with Gasteiger partial charge in [-0.1, -0.05) is 0 Å². The predicted octanol–water partition coefficient (Wildman–Crippen LogP) is 0.182. The highest BCUT2D eigenvalue weighted by Crippen LogP contribution is 2.13. The lowest BCUT2D eigenvalue weighted by Gasteiger charge is -2.10. The van der Waals surface area contributed by atoms with Gasteiger partial charge in [-0.3, -0.25) is 9.59 Å². The van der Waals surface area contributed by atoms with Gasteiger partial charge in [0, 0.05) is 4.11 Å². The van der Waals surface area contributed by atoms with Crippen LogP contribution in [0.1, 0.15) is 17.9 Å². The van der Waals surface area contributed by atoms with Crippen molar-refractivity contribution in [1.29, 1.82) is 0 Å². The van der Waals surface area contributed by atoms with Crippen molar-refractivity contribution in [2.75, 3.05) is 0 Å². The number of carboxylic acids is 2. The lowest BCUT2D eigenvalue weighted by atomic mass is 10.0. The van der Waals surface area contributed by atoms with E-state index in [2.05, 4.69) is 0 Å². The molecule has 0 aliphatic carbocycles. The Labute approximate surface area is 56.3 Å². The Balaban J connectivity index is 5.17. The molecule has 4 heteroatoms. The van der Waals surface area contributed by atoms with E-state index < -0.39 is 24.2 Å². The lowest BCUT2D eigenvalue weighted by Crippen LogP contribution is -2.32. The minimum absolute atomic E-state index is 0.657. The minimum Gasteiger partial charge on any atom is -0.480 e. The maximum absolute atomic E-state index is 10.4. The van der Waals surface area contributed by atoms with Crippen molar-refractivity contribution in [3.05, 3.63) is 0 Å². The highest BCUT2D eigenvalue weighted by Gasteiger charge is 2.35. The van der Waals surface area contributed by atoms with Crippen LogP contribution < -0.4 is 0 Å².